The van der Waals surface area contributed by atoms with Crippen LogP contribution in [0.3, 0.4) is 0 Å². The summed E-state index contributed by atoms with van der Waals surface area (Å²) in [6.45, 7) is 2.04. The SMILES string of the molecule is CCc1ccc(-n2c(SCC(=O)Nc3ccc(F)cc3F)nc3ccccc3c2=O)cc1. The maximum Gasteiger partial charge on any atom is 0.266 e. The number of aromatic nitrogens is 2. The molecule has 1 heterocycles. The average Bonchev–Trinajstić information content (AvgIpc) is 2.80. The molecule has 4 aromatic rings. The minimum absolute atomic E-state index is 0.115. The van der Waals surface area contributed by atoms with Crippen LogP contribution in [0.2, 0.25) is 0 Å². The molecule has 32 heavy (non-hydrogen) atoms. The monoisotopic (exact) mass is 451 g/mol. The molecule has 0 aliphatic heterocycles. The zero-order valence-corrected chi connectivity index (χ0v) is 18.0. The van der Waals surface area contributed by atoms with E-state index in [1.54, 1.807) is 24.3 Å². The van der Waals surface area contributed by atoms with Crippen LogP contribution in [0, 0.1) is 11.6 Å². The molecule has 5 nitrogen and oxygen atoms in total. The van der Waals surface area contributed by atoms with Crippen molar-refractivity contribution in [2.45, 2.75) is 18.5 Å². The van der Waals surface area contributed by atoms with E-state index >= 15 is 0 Å². The lowest BCUT2D eigenvalue weighted by atomic mass is 10.1. The highest BCUT2D eigenvalue weighted by molar-refractivity contribution is 7.99. The second kappa shape index (κ2) is 9.32. The molecule has 0 radical (unpaired) electrons. The number of amides is 1. The standard InChI is InChI=1S/C24H19F2N3O2S/c1-2-15-7-10-17(11-8-15)29-23(31)18-5-3-4-6-20(18)28-24(29)32-14-22(30)27-21-12-9-16(25)13-19(21)26/h3-13H,2,14H2,1H3,(H,27,30). The summed E-state index contributed by atoms with van der Waals surface area (Å²) in [5, 5.41) is 3.22. The number of carbonyl (C=O) groups excluding carboxylic acids is 1. The van der Waals surface area contributed by atoms with Gasteiger partial charge in [0.2, 0.25) is 5.91 Å². The minimum atomic E-state index is -0.861. The van der Waals surface area contributed by atoms with Gasteiger partial charge in [0, 0.05) is 6.07 Å². The van der Waals surface area contributed by atoms with Gasteiger partial charge in [-0.3, -0.25) is 14.2 Å². The first-order valence-electron chi connectivity index (χ1n) is 9.95. The highest BCUT2D eigenvalue weighted by Crippen LogP contribution is 2.23. The molecule has 0 atom stereocenters. The molecule has 0 spiro atoms. The number of halogens is 2. The van der Waals surface area contributed by atoms with Crippen LogP contribution in [0.25, 0.3) is 16.6 Å². The molecule has 0 saturated carbocycles. The van der Waals surface area contributed by atoms with Crippen molar-refractivity contribution in [2.75, 3.05) is 11.1 Å². The van der Waals surface area contributed by atoms with E-state index in [1.807, 2.05) is 31.2 Å². The molecule has 8 heteroatoms. The van der Waals surface area contributed by atoms with E-state index in [0.717, 1.165) is 35.9 Å². The second-order valence-electron chi connectivity index (χ2n) is 7.03. The number of fused-ring (bicyclic) bond motifs is 1. The summed E-state index contributed by atoms with van der Waals surface area (Å²) >= 11 is 1.06. The summed E-state index contributed by atoms with van der Waals surface area (Å²) in [6.07, 6.45) is 0.868. The van der Waals surface area contributed by atoms with Gasteiger partial charge in [-0.1, -0.05) is 43.0 Å². The smallest absolute Gasteiger partial charge is 0.266 e. The largest absolute Gasteiger partial charge is 0.323 e. The molecule has 162 valence electrons. The van der Waals surface area contributed by atoms with E-state index in [2.05, 4.69) is 10.3 Å². The molecule has 1 N–H and O–H groups in total. The lowest BCUT2D eigenvalue weighted by molar-refractivity contribution is -0.113. The number of hydrogen-bond donors (Lipinski definition) is 1. The summed E-state index contributed by atoms with van der Waals surface area (Å²) in [7, 11) is 0. The van der Waals surface area contributed by atoms with Crippen LogP contribution < -0.4 is 10.9 Å². The Morgan fingerprint density at radius 2 is 1.81 bits per heavy atom. The first-order chi connectivity index (χ1) is 15.5. The predicted molar refractivity (Wildman–Crippen MR) is 122 cm³/mol. The van der Waals surface area contributed by atoms with Crippen LogP contribution in [-0.4, -0.2) is 21.2 Å². The van der Waals surface area contributed by atoms with Crippen LogP contribution >= 0.6 is 11.8 Å². The zero-order valence-electron chi connectivity index (χ0n) is 17.1. The fourth-order valence-corrected chi connectivity index (χ4v) is 4.04. The predicted octanol–water partition coefficient (Wildman–Crippen LogP) is 4.96. The molecular weight excluding hydrogens is 432 g/mol. The normalized spacial score (nSPS) is 11.0. The van der Waals surface area contributed by atoms with E-state index in [-0.39, 0.29) is 17.0 Å². The number of anilines is 1. The number of nitrogens with one attached hydrogen (secondary N) is 1. The summed E-state index contributed by atoms with van der Waals surface area (Å²) in [5.74, 6) is -2.21. The van der Waals surface area contributed by atoms with Gasteiger partial charge in [-0.25, -0.2) is 13.8 Å². The lowest BCUT2D eigenvalue weighted by Crippen LogP contribution is -2.23. The molecular formula is C24H19F2N3O2S. The van der Waals surface area contributed by atoms with Crippen molar-refractivity contribution in [2.24, 2.45) is 0 Å². The van der Waals surface area contributed by atoms with Crippen molar-refractivity contribution in [1.29, 1.82) is 0 Å². The Kier molecular flexibility index (Phi) is 6.32. The first kappa shape index (κ1) is 21.7. The molecule has 4 rings (SSSR count). The minimum Gasteiger partial charge on any atom is -0.323 e. The molecule has 0 unspecified atom stereocenters. The highest BCUT2D eigenvalue weighted by Gasteiger charge is 2.15. The number of para-hydroxylation sites is 1. The number of nitrogens with zero attached hydrogens (tertiary/aromatic N) is 2. The summed E-state index contributed by atoms with van der Waals surface area (Å²) in [6, 6.07) is 17.5. The molecule has 1 amide bonds. The Bertz CT molecular complexity index is 1350. The Morgan fingerprint density at radius 3 is 2.53 bits per heavy atom. The van der Waals surface area contributed by atoms with Crippen molar-refractivity contribution in [1.82, 2.24) is 9.55 Å². The number of carbonyl (C=O) groups is 1. The van der Waals surface area contributed by atoms with Gasteiger partial charge in [-0.05, 0) is 48.4 Å². The van der Waals surface area contributed by atoms with Gasteiger partial charge in [0.1, 0.15) is 11.6 Å². The first-order valence-corrected chi connectivity index (χ1v) is 10.9. The third-order valence-corrected chi connectivity index (χ3v) is 5.82. The van der Waals surface area contributed by atoms with E-state index in [4.69, 9.17) is 0 Å². The van der Waals surface area contributed by atoms with Crippen molar-refractivity contribution >= 4 is 34.3 Å². The van der Waals surface area contributed by atoms with Crippen molar-refractivity contribution < 1.29 is 13.6 Å². The number of aryl methyl sites for hydroxylation is 1. The van der Waals surface area contributed by atoms with Crippen LogP contribution in [-0.2, 0) is 11.2 Å². The van der Waals surface area contributed by atoms with Gasteiger partial charge in [-0.15, -0.1) is 0 Å². The Balaban J connectivity index is 1.66. The molecule has 3 aromatic carbocycles. The van der Waals surface area contributed by atoms with Gasteiger partial charge in [0.25, 0.3) is 5.56 Å². The second-order valence-corrected chi connectivity index (χ2v) is 7.98. The number of benzene rings is 3. The fourth-order valence-electron chi connectivity index (χ4n) is 3.22. The van der Waals surface area contributed by atoms with Crippen molar-refractivity contribution in [3.63, 3.8) is 0 Å². The third-order valence-electron chi connectivity index (χ3n) is 4.89. The van der Waals surface area contributed by atoms with Gasteiger partial charge in [-0.2, -0.15) is 0 Å². The Hall–Kier alpha value is -3.52. The van der Waals surface area contributed by atoms with E-state index in [0.29, 0.717) is 27.8 Å². The van der Waals surface area contributed by atoms with Gasteiger partial charge >= 0.3 is 0 Å². The molecule has 0 bridgehead atoms. The molecule has 0 aliphatic carbocycles. The Labute approximate surface area is 187 Å². The van der Waals surface area contributed by atoms with Crippen LogP contribution in [0.15, 0.2) is 76.7 Å². The fraction of sp³-hybridized carbons (Fsp3) is 0.125. The van der Waals surface area contributed by atoms with Crippen LogP contribution in [0.4, 0.5) is 14.5 Å². The summed E-state index contributed by atoms with van der Waals surface area (Å²) in [5.41, 5.74) is 1.93. The lowest BCUT2D eigenvalue weighted by Gasteiger charge is -2.14. The van der Waals surface area contributed by atoms with Crippen molar-refractivity contribution in [3.8, 4) is 5.69 Å². The number of thioether (sulfide) groups is 1. The van der Waals surface area contributed by atoms with E-state index < -0.39 is 17.5 Å². The zero-order chi connectivity index (χ0) is 22.7. The van der Waals surface area contributed by atoms with E-state index in [9.17, 15) is 18.4 Å². The maximum atomic E-state index is 13.8. The molecule has 0 saturated heterocycles. The summed E-state index contributed by atoms with van der Waals surface area (Å²) in [4.78, 5) is 30.2. The average molecular weight is 451 g/mol. The molecule has 0 fully saturated rings. The van der Waals surface area contributed by atoms with E-state index in [1.165, 1.54) is 4.57 Å². The molecule has 0 aliphatic rings. The summed E-state index contributed by atoms with van der Waals surface area (Å²) < 4.78 is 28.4. The van der Waals surface area contributed by atoms with Crippen LogP contribution in [0.1, 0.15) is 12.5 Å². The molecule has 1 aromatic heterocycles. The highest BCUT2D eigenvalue weighted by atomic mass is 32.2. The quantitative estimate of drug-likeness (QED) is 0.333. The van der Waals surface area contributed by atoms with Crippen molar-refractivity contribution in [3.05, 3.63) is 94.3 Å². The maximum absolute atomic E-state index is 13.8. The third kappa shape index (κ3) is 4.55. The van der Waals surface area contributed by atoms with Gasteiger partial charge in [0.15, 0.2) is 5.16 Å². The number of rotatable bonds is 6. The van der Waals surface area contributed by atoms with Gasteiger partial charge in [0.05, 0.1) is 28.0 Å². The Morgan fingerprint density at radius 1 is 1.06 bits per heavy atom. The van der Waals surface area contributed by atoms with Crippen LogP contribution in [0.5, 0.6) is 0 Å². The van der Waals surface area contributed by atoms with Gasteiger partial charge < -0.3 is 5.32 Å². The number of hydrogen-bond acceptors (Lipinski definition) is 4. The topological polar surface area (TPSA) is 64.0 Å².